The molecule has 0 amide bonds. The van der Waals surface area contributed by atoms with Gasteiger partial charge in [0.05, 0.1) is 0 Å². The minimum absolute atomic E-state index is 0.244. The van der Waals surface area contributed by atoms with Crippen LogP contribution in [0, 0.1) is 23.2 Å². The van der Waals surface area contributed by atoms with E-state index in [1.165, 1.54) is 12.0 Å². The fourth-order valence-electron chi connectivity index (χ4n) is 3.30. The summed E-state index contributed by atoms with van der Waals surface area (Å²) in [6.07, 6.45) is 4.17. The van der Waals surface area contributed by atoms with Gasteiger partial charge in [0.1, 0.15) is 5.78 Å². The van der Waals surface area contributed by atoms with Crippen molar-refractivity contribution in [2.24, 2.45) is 23.2 Å². The number of hydrogen-bond donors (Lipinski definition) is 0. The highest BCUT2D eigenvalue weighted by Crippen LogP contribution is 2.66. The van der Waals surface area contributed by atoms with Crippen molar-refractivity contribution in [3.05, 3.63) is 11.6 Å². The van der Waals surface area contributed by atoms with Crippen LogP contribution in [0.15, 0.2) is 11.6 Å². The van der Waals surface area contributed by atoms with Crippen molar-refractivity contribution in [1.29, 1.82) is 0 Å². The van der Waals surface area contributed by atoms with Crippen molar-refractivity contribution in [3.8, 4) is 0 Å². The highest BCUT2D eigenvalue weighted by molar-refractivity contribution is 5.84. The molecule has 0 heterocycles. The van der Waals surface area contributed by atoms with Gasteiger partial charge >= 0.3 is 0 Å². The first kappa shape index (κ1) is 9.95. The van der Waals surface area contributed by atoms with Gasteiger partial charge in [-0.1, -0.05) is 32.4 Å². The summed E-state index contributed by atoms with van der Waals surface area (Å²) in [7, 11) is 0. The Morgan fingerprint density at radius 2 is 2.21 bits per heavy atom. The normalized spacial score (nSPS) is 38.6. The zero-order chi connectivity index (χ0) is 10.5. The minimum Gasteiger partial charge on any atom is -0.299 e. The van der Waals surface area contributed by atoms with Gasteiger partial charge in [-0.15, -0.1) is 0 Å². The highest BCUT2D eigenvalue weighted by atomic mass is 16.1. The zero-order valence-electron chi connectivity index (χ0n) is 9.63. The van der Waals surface area contributed by atoms with E-state index in [1.54, 1.807) is 0 Å². The van der Waals surface area contributed by atoms with E-state index >= 15 is 0 Å². The molecule has 1 fully saturated rings. The maximum atomic E-state index is 11.9. The lowest BCUT2D eigenvalue weighted by Gasteiger charge is -2.20. The van der Waals surface area contributed by atoms with Gasteiger partial charge in [0.25, 0.3) is 0 Å². The van der Waals surface area contributed by atoms with Crippen LogP contribution < -0.4 is 0 Å². The van der Waals surface area contributed by atoms with E-state index in [-0.39, 0.29) is 5.92 Å². The monoisotopic (exact) mass is 192 g/mol. The summed E-state index contributed by atoms with van der Waals surface area (Å²) < 4.78 is 0. The van der Waals surface area contributed by atoms with E-state index in [4.69, 9.17) is 0 Å². The first-order valence-electron chi connectivity index (χ1n) is 5.69. The molecule has 3 unspecified atom stereocenters. The van der Waals surface area contributed by atoms with Gasteiger partial charge in [-0.05, 0) is 30.6 Å². The van der Waals surface area contributed by atoms with Crippen LogP contribution in [-0.2, 0) is 4.79 Å². The molecule has 1 nitrogen and oxygen atoms in total. The van der Waals surface area contributed by atoms with Crippen molar-refractivity contribution >= 4 is 5.78 Å². The predicted octanol–water partition coefficient (Wildman–Crippen LogP) is 3.20. The molecule has 1 heteroatoms. The molecule has 0 aliphatic heterocycles. The third kappa shape index (κ3) is 1.18. The first-order chi connectivity index (χ1) is 6.50. The van der Waals surface area contributed by atoms with E-state index in [0.29, 0.717) is 23.5 Å². The molecule has 14 heavy (non-hydrogen) atoms. The lowest BCUT2D eigenvalue weighted by atomic mass is 9.83. The highest BCUT2D eigenvalue weighted by Gasteiger charge is 2.62. The van der Waals surface area contributed by atoms with Crippen LogP contribution in [0.25, 0.3) is 0 Å². The topological polar surface area (TPSA) is 17.1 Å². The summed E-state index contributed by atoms with van der Waals surface area (Å²) in [6, 6.07) is 0. The third-order valence-electron chi connectivity index (χ3n) is 4.38. The minimum atomic E-state index is 0.244. The Balaban J connectivity index is 2.25. The van der Waals surface area contributed by atoms with Crippen molar-refractivity contribution in [3.63, 3.8) is 0 Å². The summed E-state index contributed by atoms with van der Waals surface area (Å²) in [5, 5.41) is 0. The molecule has 0 N–H and O–H groups in total. The van der Waals surface area contributed by atoms with E-state index < -0.39 is 0 Å². The summed E-state index contributed by atoms with van der Waals surface area (Å²) in [4.78, 5) is 11.9. The van der Waals surface area contributed by atoms with Crippen LogP contribution in [-0.4, -0.2) is 5.78 Å². The second-order valence-corrected chi connectivity index (χ2v) is 5.44. The molecule has 2 aliphatic rings. The number of allylic oxidation sites excluding steroid dienone is 2. The molecule has 0 aromatic carbocycles. The van der Waals surface area contributed by atoms with Crippen molar-refractivity contribution < 1.29 is 4.79 Å². The Hall–Kier alpha value is -0.590. The summed E-state index contributed by atoms with van der Waals surface area (Å²) in [5.41, 5.74) is 1.73. The molecular formula is C13H20O. The van der Waals surface area contributed by atoms with Crippen LogP contribution in [0.2, 0.25) is 0 Å². The van der Waals surface area contributed by atoms with Gasteiger partial charge in [-0.3, -0.25) is 4.79 Å². The average Bonchev–Trinajstić information content (AvgIpc) is 2.68. The lowest BCUT2D eigenvalue weighted by Crippen LogP contribution is -2.21. The number of carbonyl (C=O) groups excluding carboxylic acids is 1. The quantitative estimate of drug-likeness (QED) is 0.614. The van der Waals surface area contributed by atoms with E-state index in [9.17, 15) is 4.79 Å². The van der Waals surface area contributed by atoms with E-state index in [1.807, 2.05) is 6.92 Å². The standard InChI is InChI=1S/C13H20O/c1-5-10(14)11-8(2)6-7-9-12(11)13(9,3)4/h6,9,11-12H,5,7H2,1-4H3. The number of carbonyl (C=O) groups is 1. The maximum absolute atomic E-state index is 11.9. The van der Waals surface area contributed by atoms with Crippen molar-refractivity contribution in [1.82, 2.24) is 0 Å². The molecule has 0 aromatic heterocycles. The Kier molecular flexibility index (Phi) is 2.09. The molecule has 78 valence electrons. The summed E-state index contributed by atoms with van der Waals surface area (Å²) in [6.45, 7) is 8.73. The second-order valence-electron chi connectivity index (χ2n) is 5.44. The van der Waals surface area contributed by atoms with Crippen LogP contribution in [0.4, 0.5) is 0 Å². The first-order valence-corrected chi connectivity index (χ1v) is 5.69. The predicted molar refractivity (Wildman–Crippen MR) is 57.9 cm³/mol. The molecule has 0 aromatic rings. The third-order valence-corrected chi connectivity index (χ3v) is 4.38. The van der Waals surface area contributed by atoms with E-state index in [2.05, 4.69) is 26.8 Å². The Morgan fingerprint density at radius 1 is 1.57 bits per heavy atom. The van der Waals surface area contributed by atoms with Crippen molar-refractivity contribution in [2.75, 3.05) is 0 Å². The van der Waals surface area contributed by atoms with Gasteiger partial charge in [-0.25, -0.2) is 0 Å². The number of hydrogen-bond acceptors (Lipinski definition) is 1. The number of Topliss-reactive ketones (excluding diaryl/α,β-unsaturated/α-hetero) is 1. The van der Waals surface area contributed by atoms with Crippen LogP contribution in [0.1, 0.15) is 40.5 Å². The number of fused-ring (bicyclic) bond motifs is 1. The molecule has 0 radical (unpaired) electrons. The fraction of sp³-hybridized carbons (Fsp3) is 0.769. The number of rotatable bonds is 2. The molecule has 0 spiro atoms. The van der Waals surface area contributed by atoms with Crippen LogP contribution in [0.5, 0.6) is 0 Å². The largest absolute Gasteiger partial charge is 0.299 e. The van der Waals surface area contributed by atoms with Crippen molar-refractivity contribution in [2.45, 2.75) is 40.5 Å². The molecular weight excluding hydrogens is 172 g/mol. The van der Waals surface area contributed by atoms with Gasteiger partial charge in [-0.2, -0.15) is 0 Å². The maximum Gasteiger partial charge on any atom is 0.140 e. The van der Waals surface area contributed by atoms with Crippen LogP contribution in [0.3, 0.4) is 0 Å². The molecule has 2 aliphatic carbocycles. The molecule has 2 rings (SSSR count). The lowest BCUT2D eigenvalue weighted by molar-refractivity contribution is -0.122. The zero-order valence-corrected chi connectivity index (χ0v) is 9.63. The Labute approximate surface area is 86.6 Å². The SMILES string of the molecule is CCC(=O)C1C(C)=CCC2C1C2(C)C. The van der Waals surface area contributed by atoms with Gasteiger partial charge in [0.15, 0.2) is 0 Å². The second kappa shape index (κ2) is 2.95. The summed E-state index contributed by atoms with van der Waals surface area (Å²) in [5.74, 6) is 2.10. The van der Waals surface area contributed by atoms with Gasteiger partial charge in [0.2, 0.25) is 0 Å². The molecule has 0 bridgehead atoms. The van der Waals surface area contributed by atoms with Gasteiger partial charge < -0.3 is 0 Å². The average molecular weight is 192 g/mol. The van der Waals surface area contributed by atoms with Crippen LogP contribution >= 0.6 is 0 Å². The Morgan fingerprint density at radius 3 is 2.79 bits per heavy atom. The summed E-state index contributed by atoms with van der Waals surface area (Å²) >= 11 is 0. The van der Waals surface area contributed by atoms with Gasteiger partial charge in [0, 0.05) is 12.3 Å². The Bertz CT molecular complexity index is 298. The smallest absolute Gasteiger partial charge is 0.140 e. The molecule has 1 saturated carbocycles. The fourth-order valence-corrected chi connectivity index (χ4v) is 3.30. The molecule has 0 saturated heterocycles. The number of ketones is 1. The van der Waals surface area contributed by atoms with E-state index in [0.717, 1.165) is 5.92 Å². The molecule has 3 atom stereocenters.